The van der Waals surface area contributed by atoms with E-state index in [1.165, 1.54) is 10.8 Å². The lowest BCUT2D eigenvalue weighted by Gasteiger charge is -2.09. The lowest BCUT2D eigenvalue weighted by Crippen LogP contribution is -2.10. The number of nitrogens with one attached hydrogen (secondary N) is 1. The maximum Gasteiger partial charge on any atom is 0.123 e. The molecule has 3 heteroatoms. The zero-order chi connectivity index (χ0) is 16.1. The molecule has 3 nitrogen and oxygen atoms in total. The Morgan fingerprint density at radius 2 is 1.70 bits per heavy atom. The van der Waals surface area contributed by atoms with Crippen LogP contribution in [0.15, 0.2) is 71.8 Å². The smallest absolute Gasteiger partial charge is 0.123 e. The topological polar surface area (TPSA) is 33.6 Å². The first-order valence-electron chi connectivity index (χ1n) is 7.67. The molecule has 3 rings (SSSR count). The molecule has 0 bridgehead atoms. The molecule has 0 atom stereocenters. The molecule has 0 radical (unpaired) electrons. The van der Waals surface area contributed by atoms with Crippen LogP contribution in [0.25, 0.3) is 10.8 Å². The van der Waals surface area contributed by atoms with Crippen molar-refractivity contribution < 1.29 is 4.74 Å². The first kappa shape index (κ1) is 15.1. The SMILES string of the molecule is COc1ccccc1CN/N=C(\C)c1cccc2ccccc12. The highest BCUT2D eigenvalue weighted by molar-refractivity contribution is 6.09. The molecule has 0 aliphatic heterocycles. The van der Waals surface area contributed by atoms with Crippen molar-refractivity contribution in [2.24, 2.45) is 5.10 Å². The molecule has 0 aromatic heterocycles. The Morgan fingerprint density at radius 1 is 0.957 bits per heavy atom. The van der Waals surface area contributed by atoms with Crippen LogP contribution < -0.4 is 10.2 Å². The largest absolute Gasteiger partial charge is 0.496 e. The van der Waals surface area contributed by atoms with Crippen LogP contribution in [0.4, 0.5) is 0 Å². The fourth-order valence-electron chi connectivity index (χ4n) is 2.69. The van der Waals surface area contributed by atoms with Gasteiger partial charge in [-0.25, -0.2) is 0 Å². The fourth-order valence-corrected chi connectivity index (χ4v) is 2.69. The molecule has 0 unspecified atom stereocenters. The summed E-state index contributed by atoms with van der Waals surface area (Å²) in [6, 6.07) is 22.6. The monoisotopic (exact) mass is 304 g/mol. The quantitative estimate of drug-likeness (QED) is 0.561. The molecule has 3 aromatic rings. The van der Waals surface area contributed by atoms with E-state index < -0.39 is 0 Å². The zero-order valence-electron chi connectivity index (χ0n) is 13.4. The Labute approximate surface area is 136 Å². The highest BCUT2D eigenvalue weighted by atomic mass is 16.5. The first-order chi connectivity index (χ1) is 11.3. The second-order valence-electron chi connectivity index (χ2n) is 5.37. The average Bonchev–Trinajstić information content (AvgIpc) is 2.61. The predicted molar refractivity (Wildman–Crippen MR) is 96.0 cm³/mol. The number of benzene rings is 3. The van der Waals surface area contributed by atoms with E-state index in [0.717, 1.165) is 22.6 Å². The van der Waals surface area contributed by atoms with Crippen LogP contribution in [0, 0.1) is 0 Å². The van der Waals surface area contributed by atoms with Crippen molar-refractivity contribution in [1.29, 1.82) is 0 Å². The fraction of sp³-hybridized carbons (Fsp3) is 0.150. The molecule has 0 aliphatic rings. The maximum absolute atomic E-state index is 5.36. The van der Waals surface area contributed by atoms with E-state index in [9.17, 15) is 0 Å². The van der Waals surface area contributed by atoms with E-state index in [-0.39, 0.29) is 0 Å². The second-order valence-corrected chi connectivity index (χ2v) is 5.37. The van der Waals surface area contributed by atoms with Crippen molar-refractivity contribution in [2.75, 3.05) is 7.11 Å². The van der Waals surface area contributed by atoms with Gasteiger partial charge in [-0.05, 0) is 23.8 Å². The van der Waals surface area contributed by atoms with E-state index in [1.54, 1.807) is 7.11 Å². The normalized spacial score (nSPS) is 11.5. The summed E-state index contributed by atoms with van der Waals surface area (Å²) in [6.07, 6.45) is 0. The molecule has 0 fully saturated rings. The van der Waals surface area contributed by atoms with E-state index >= 15 is 0 Å². The van der Waals surface area contributed by atoms with Crippen LogP contribution in [0.2, 0.25) is 0 Å². The molecular formula is C20H20N2O. The number of para-hydroxylation sites is 1. The van der Waals surface area contributed by atoms with Crippen molar-refractivity contribution in [3.8, 4) is 5.75 Å². The summed E-state index contributed by atoms with van der Waals surface area (Å²) in [5, 5.41) is 6.97. The number of hydrogen-bond acceptors (Lipinski definition) is 3. The number of rotatable bonds is 5. The molecule has 0 amide bonds. The highest BCUT2D eigenvalue weighted by Crippen LogP contribution is 2.19. The van der Waals surface area contributed by atoms with Crippen molar-refractivity contribution in [1.82, 2.24) is 5.43 Å². The Balaban J connectivity index is 1.79. The van der Waals surface area contributed by atoms with E-state index in [0.29, 0.717) is 6.54 Å². The summed E-state index contributed by atoms with van der Waals surface area (Å²) in [6.45, 7) is 2.66. The predicted octanol–water partition coefficient (Wildman–Crippen LogP) is 4.36. The third-order valence-corrected chi connectivity index (χ3v) is 3.89. The van der Waals surface area contributed by atoms with Gasteiger partial charge in [0.25, 0.3) is 0 Å². The molecule has 0 heterocycles. The minimum absolute atomic E-state index is 0.631. The minimum atomic E-state index is 0.631. The number of hydrogen-bond donors (Lipinski definition) is 1. The van der Waals surface area contributed by atoms with Gasteiger partial charge in [0.2, 0.25) is 0 Å². The number of nitrogens with zero attached hydrogens (tertiary/aromatic N) is 1. The Hall–Kier alpha value is -2.81. The molecular weight excluding hydrogens is 284 g/mol. The van der Waals surface area contributed by atoms with E-state index in [1.807, 2.05) is 31.2 Å². The number of methoxy groups -OCH3 is 1. The highest BCUT2D eigenvalue weighted by Gasteiger charge is 2.04. The average molecular weight is 304 g/mol. The molecule has 3 aromatic carbocycles. The van der Waals surface area contributed by atoms with Gasteiger partial charge in [-0.1, -0.05) is 60.7 Å². The molecule has 0 aliphatic carbocycles. The van der Waals surface area contributed by atoms with Crippen LogP contribution in [0.3, 0.4) is 0 Å². The van der Waals surface area contributed by atoms with Crippen LogP contribution in [-0.4, -0.2) is 12.8 Å². The lowest BCUT2D eigenvalue weighted by molar-refractivity contribution is 0.408. The van der Waals surface area contributed by atoms with Gasteiger partial charge in [0.05, 0.1) is 19.4 Å². The number of ether oxygens (including phenoxy) is 1. The summed E-state index contributed by atoms with van der Waals surface area (Å²) in [4.78, 5) is 0. The molecule has 1 N–H and O–H groups in total. The van der Waals surface area contributed by atoms with Gasteiger partial charge in [-0.15, -0.1) is 0 Å². The van der Waals surface area contributed by atoms with Crippen molar-refractivity contribution in [3.63, 3.8) is 0 Å². The van der Waals surface area contributed by atoms with Crippen LogP contribution >= 0.6 is 0 Å². The van der Waals surface area contributed by atoms with Gasteiger partial charge in [0, 0.05) is 11.1 Å². The summed E-state index contributed by atoms with van der Waals surface area (Å²) in [5.74, 6) is 0.873. The molecule has 0 saturated heterocycles. The molecule has 116 valence electrons. The maximum atomic E-state index is 5.36. The summed E-state index contributed by atoms with van der Waals surface area (Å²) < 4.78 is 5.36. The van der Waals surface area contributed by atoms with Gasteiger partial charge in [0.1, 0.15) is 5.75 Å². The lowest BCUT2D eigenvalue weighted by atomic mass is 10.0. The van der Waals surface area contributed by atoms with Crippen molar-refractivity contribution in [2.45, 2.75) is 13.5 Å². The van der Waals surface area contributed by atoms with Gasteiger partial charge < -0.3 is 10.2 Å². The zero-order valence-corrected chi connectivity index (χ0v) is 13.4. The van der Waals surface area contributed by atoms with Gasteiger partial charge in [0.15, 0.2) is 0 Å². The Bertz CT molecular complexity index is 834. The van der Waals surface area contributed by atoms with Gasteiger partial charge in [-0.3, -0.25) is 0 Å². The van der Waals surface area contributed by atoms with Crippen molar-refractivity contribution in [3.05, 3.63) is 77.9 Å². The number of fused-ring (bicyclic) bond motifs is 1. The van der Waals surface area contributed by atoms with E-state index in [4.69, 9.17) is 4.74 Å². The van der Waals surface area contributed by atoms with Crippen LogP contribution in [0.5, 0.6) is 5.75 Å². The second kappa shape index (κ2) is 6.97. The minimum Gasteiger partial charge on any atom is -0.496 e. The Morgan fingerprint density at radius 3 is 2.57 bits per heavy atom. The number of hydrazone groups is 1. The van der Waals surface area contributed by atoms with Crippen molar-refractivity contribution >= 4 is 16.5 Å². The standard InChI is InChI=1S/C20H20N2O/c1-15(18-12-7-10-16-8-3-5-11-19(16)18)22-21-14-17-9-4-6-13-20(17)23-2/h3-13,21H,14H2,1-2H3/b22-15+. The van der Waals surface area contributed by atoms with Crippen LogP contribution in [-0.2, 0) is 6.54 Å². The molecule has 0 saturated carbocycles. The van der Waals surface area contributed by atoms with Gasteiger partial charge >= 0.3 is 0 Å². The third-order valence-electron chi connectivity index (χ3n) is 3.89. The summed E-state index contributed by atoms with van der Waals surface area (Å²) >= 11 is 0. The third kappa shape index (κ3) is 3.34. The van der Waals surface area contributed by atoms with Crippen LogP contribution in [0.1, 0.15) is 18.1 Å². The van der Waals surface area contributed by atoms with E-state index in [2.05, 4.69) is 53.0 Å². The van der Waals surface area contributed by atoms with Gasteiger partial charge in [-0.2, -0.15) is 5.10 Å². The molecule has 23 heavy (non-hydrogen) atoms. The molecule has 0 spiro atoms. The first-order valence-corrected chi connectivity index (χ1v) is 7.67. The Kier molecular flexibility index (Phi) is 4.57. The summed E-state index contributed by atoms with van der Waals surface area (Å²) in [5.41, 5.74) is 6.35. The summed E-state index contributed by atoms with van der Waals surface area (Å²) in [7, 11) is 1.68.